The number of hydrogen-bond acceptors (Lipinski definition) is 2. The van der Waals surface area contributed by atoms with E-state index in [1.807, 2.05) is 30.3 Å². The van der Waals surface area contributed by atoms with E-state index in [9.17, 15) is 9.18 Å². The van der Waals surface area contributed by atoms with Crippen molar-refractivity contribution in [2.24, 2.45) is 0 Å². The van der Waals surface area contributed by atoms with Crippen molar-refractivity contribution in [2.75, 3.05) is 19.0 Å². The van der Waals surface area contributed by atoms with Crippen molar-refractivity contribution in [3.05, 3.63) is 94.4 Å². The molecule has 0 bridgehead atoms. The predicted molar refractivity (Wildman–Crippen MR) is 124 cm³/mol. The average molecular weight is 450 g/mol. The molecule has 4 aromatic rings. The quantitative estimate of drug-likeness (QED) is 0.394. The molecule has 0 saturated carbocycles. The molecule has 0 saturated heterocycles. The van der Waals surface area contributed by atoms with Gasteiger partial charge in [0.2, 0.25) is 0 Å². The predicted octanol–water partition coefficient (Wildman–Crippen LogP) is 6.15. The molecule has 2 amide bonds. The van der Waals surface area contributed by atoms with Gasteiger partial charge in [0, 0.05) is 23.1 Å². The van der Waals surface area contributed by atoms with Gasteiger partial charge in [-0.05, 0) is 60.0 Å². The molecule has 7 heteroatoms. The number of fused-ring (bicyclic) bond motifs is 3. The summed E-state index contributed by atoms with van der Waals surface area (Å²) >= 11 is 6.25. The smallest absolute Gasteiger partial charge is 0.322 e. The van der Waals surface area contributed by atoms with Gasteiger partial charge in [-0.2, -0.15) is 0 Å². The molecule has 1 aliphatic rings. The maximum atomic E-state index is 13.7. The summed E-state index contributed by atoms with van der Waals surface area (Å²) in [4.78, 5) is 18.6. The minimum atomic E-state index is -0.403. The molecule has 0 spiro atoms. The molecule has 1 aromatic heterocycles. The molecule has 32 heavy (non-hydrogen) atoms. The Labute approximate surface area is 189 Å². The summed E-state index contributed by atoms with van der Waals surface area (Å²) in [5.74, 6) is 0.453. The van der Waals surface area contributed by atoms with Crippen LogP contribution >= 0.6 is 11.6 Å². The SMILES string of the molecule is COc1ccc2[nH]c3c(c2c1)CCN(C(=O)Nc1ccccc1Cl)C3c1ccc(F)cc1. The van der Waals surface area contributed by atoms with E-state index in [0.29, 0.717) is 23.7 Å². The molecule has 1 unspecified atom stereocenters. The summed E-state index contributed by atoms with van der Waals surface area (Å²) in [7, 11) is 1.64. The second kappa shape index (κ2) is 8.20. The maximum Gasteiger partial charge on any atom is 0.322 e. The Morgan fingerprint density at radius 3 is 2.69 bits per heavy atom. The van der Waals surface area contributed by atoms with Crippen molar-refractivity contribution in [2.45, 2.75) is 12.5 Å². The van der Waals surface area contributed by atoms with E-state index >= 15 is 0 Å². The zero-order chi connectivity index (χ0) is 22.2. The molecular formula is C25H21ClFN3O2. The molecule has 2 heterocycles. The summed E-state index contributed by atoms with van der Waals surface area (Å²) < 4.78 is 19.1. The van der Waals surface area contributed by atoms with E-state index in [-0.39, 0.29) is 11.8 Å². The first kappa shape index (κ1) is 20.4. The number of rotatable bonds is 3. The maximum absolute atomic E-state index is 13.7. The summed E-state index contributed by atoms with van der Waals surface area (Å²) in [6.45, 7) is 0.496. The molecule has 3 aromatic carbocycles. The first-order valence-corrected chi connectivity index (χ1v) is 10.7. The molecule has 1 aliphatic heterocycles. The number of anilines is 1. The average Bonchev–Trinajstić information content (AvgIpc) is 3.18. The van der Waals surface area contributed by atoms with Crippen molar-refractivity contribution >= 4 is 34.2 Å². The van der Waals surface area contributed by atoms with Crippen LogP contribution in [0.15, 0.2) is 66.7 Å². The van der Waals surface area contributed by atoms with Gasteiger partial charge in [-0.15, -0.1) is 0 Å². The number of nitrogens with one attached hydrogen (secondary N) is 2. The molecule has 0 aliphatic carbocycles. The lowest BCUT2D eigenvalue weighted by Gasteiger charge is -2.36. The fourth-order valence-corrected chi connectivity index (χ4v) is 4.54. The van der Waals surface area contributed by atoms with E-state index in [4.69, 9.17) is 16.3 Å². The molecule has 0 radical (unpaired) electrons. The number of aromatic amines is 1. The molecule has 5 rings (SSSR count). The highest BCUT2D eigenvalue weighted by atomic mass is 35.5. The van der Waals surface area contributed by atoms with Gasteiger partial charge in [0.1, 0.15) is 11.6 Å². The number of halogens is 2. The third kappa shape index (κ3) is 3.56. The van der Waals surface area contributed by atoms with E-state index in [0.717, 1.165) is 33.5 Å². The number of ether oxygens (including phenoxy) is 1. The fraction of sp³-hybridized carbons (Fsp3) is 0.160. The summed E-state index contributed by atoms with van der Waals surface area (Å²) in [6.07, 6.45) is 0.677. The summed E-state index contributed by atoms with van der Waals surface area (Å²) in [5.41, 5.74) is 4.39. The van der Waals surface area contributed by atoms with Gasteiger partial charge >= 0.3 is 6.03 Å². The van der Waals surface area contributed by atoms with Crippen molar-refractivity contribution in [1.29, 1.82) is 0 Å². The van der Waals surface area contributed by atoms with Crippen LogP contribution in [-0.2, 0) is 6.42 Å². The monoisotopic (exact) mass is 449 g/mol. The Balaban J connectivity index is 1.59. The van der Waals surface area contributed by atoms with E-state index in [2.05, 4.69) is 10.3 Å². The number of nitrogens with zero attached hydrogens (tertiary/aromatic N) is 1. The Morgan fingerprint density at radius 2 is 1.94 bits per heavy atom. The van der Waals surface area contributed by atoms with Crippen molar-refractivity contribution < 1.29 is 13.9 Å². The van der Waals surface area contributed by atoms with E-state index in [1.54, 1.807) is 36.3 Å². The molecule has 5 nitrogen and oxygen atoms in total. The highest BCUT2D eigenvalue weighted by molar-refractivity contribution is 6.33. The minimum Gasteiger partial charge on any atom is -0.497 e. The minimum absolute atomic E-state index is 0.269. The zero-order valence-corrected chi connectivity index (χ0v) is 18.1. The number of carbonyl (C=O) groups excluding carboxylic acids is 1. The Morgan fingerprint density at radius 1 is 1.16 bits per heavy atom. The fourth-order valence-electron chi connectivity index (χ4n) is 4.35. The summed E-state index contributed by atoms with van der Waals surface area (Å²) in [5, 5.41) is 4.46. The van der Waals surface area contributed by atoms with Gasteiger partial charge < -0.3 is 19.9 Å². The number of urea groups is 1. The van der Waals surface area contributed by atoms with Gasteiger partial charge in [-0.25, -0.2) is 9.18 Å². The topological polar surface area (TPSA) is 57.4 Å². The normalized spacial score (nSPS) is 15.5. The second-order valence-corrected chi connectivity index (χ2v) is 8.14. The lowest BCUT2D eigenvalue weighted by atomic mass is 9.92. The van der Waals surface area contributed by atoms with E-state index in [1.165, 1.54) is 12.1 Å². The van der Waals surface area contributed by atoms with Gasteiger partial charge in [-0.1, -0.05) is 35.9 Å². The van der Waals surface area contributed by atoms with Crippen LogP contribution in [0.4, 0.5) is 14.9 Å². The standard InChI is InChI=1S/C25H21ClFN3O2/c1-32-17-10-11-21-19(14-17)18-12-13-30(25(31)29-22-5-3-2-4-20(22)26)24(23(18)28-21)15-6-8-16(27)9-7-15/h2-11,14,24,28H,12-13H2,1H3,(H,29,31). The van der Waals surface area contributed by atoms with Crippen molar-refractivity contribution in [3.8, 4) is 5.75 Å². The van der Waals surface area contributed by atoms with Crippen LogP contribution in [0.5, 0.6) is 5.75 Å². The zero-order valence-electron chi connectivity index (χ0n) is 17.4. The van der Waals surface area contributed by atoms with Crippen molar-refractivity contribution in [1.82, 2.24) is 9.88 Å². The van der Waals surface area contributed by atoms with Gasteiger partial charge in [0.15, 0.2) is 0 Å². The number of methoxy groups -OCH3 is 1. The first-order chi connectivity index (χ1) is 15.5. The number of aromatic nitrogens is 1. The Kier molecular flexibility index (Phi) is 5.23. The highest BCUT2D eigenvalue weighted by Gasteiger charge is 2.35. The third-order valence-corrected chi connectivity index (χ3v) is 6.23. The Hall–Kier alpha value is -3.51. The third-order valence-electron chi connectivity index (χ3n) is 5.90. The van der Waals surface area contributed by atoms with Crippen molar-refractivity contribution in [3.63, 3.8) is 0 Å². The number of hydrogen-bond donors (Lipinski definition) is 2. The lowest BCUT2D eigenvalue weighted by Crippen LogP contribution is -2.43. The van der Waals surface area contributed by atoms with Gasteiger partial charge in [-0.3, -0.25) is 0 Å². The second-order valence-electron chi connectivity index (χ2n) is 7.74. The van der Waals surface area contributed by atoms with Gasteiger partial charge in [0.25, 0.3) is 0 Å². The molecule has 2 N–H and O–H groups in total. The number of carbonyl (C=O) groups is 1. The number of amides is 2. The summed E-state index contributed by atoms with van der Waals surface area (Å²) in [6, 6.07) is 18.6. The number of H-pyrrole nitrogens is 1. The van der Waals surface area contributed by atoms with Gasteiger partial charge in [0.05, 0.1) is 23.9 Å². The van der Waals surface area contributed by atoms with Crippen LogP contribution in [0, 0.1) is 5.82 Å². The van der Waals surface area contributed by atoms with Crippen LogP contribution in [0.25, 0.3) is 10.9 Å². The van der Waals surface area contributed by atoms with E-state index < -0.39 is 6.04 Å². The lowest BCUT2D eigenvalue weighted by molar-refractivity contribution is 0.193. The molecule has 162 valence electrons. The Bertz CT molecular complexity index is 1300. The largest absolute Gasteiger partial charge is 0.497 e. The van der Waals surface area contributed by atoms with Crippen LogP contribution in [0.2, 0.25) is 5.02 Å². The first-order valence-electron chi connectivity index (χ1n) is 10.3. The highest BCUT2D eigenvalue weighted by Crippen LogP contribution is 2.39. The number of benzene rings is 3. The van der Waals surface area contributed by atoms with Crippen LogP contribution in [0.3, 0.4) is 0 Å². The molecule has 1 atom stereocenters. The van der Waals surface area contributed by atoms with Crippen LogP contribution < -0.4 is 10.1 Å². The molecule has 0 fully saturated rings. The van der Waals surface area contributed by atoms with Crippen LogP contribution in [-0.4, -0.2) is 29.6 Å². The number of para-hydroxylation sites is 1. The van der Waals surface area contributed by atoms with Crippen LogP contribution in [0.1, 0.15) is 22.9 Å². The molecular weight excluding hydrogens is 429 g/mol.